The van der Waals surface area contributed by atoms with Gasteiger partial charge in [-0.25, -0.2) is 4.39 Å². The van der Waals surface area contributed by atoms with Crippen LogP contribution >= 0.6 is 0 Å². The molecule has 80 valence electrons. The lowest BCUT2D eigenvalue weighted by atomic mass is 10.1. The predicted octanol–water partition coefficient (Wildman–Crippen LogP) is 0.0241. The molecule has 2 unspecified atom stereocenters. The Labute approximate surface area is 85.2 Å². The third-order valence-electron chi connectivity index (χ3n) is 2.23. The van der Waals surface area contributed by atoms with E-state index in [-0.39, 0.29) is 5.75 Å². The van der Waals surface area contributed by atoms with Crippen molar-refractivity contribution in [3.05, 3.63) is 29.6 Å². The van der Waals surface area contributed by atoms with Crippen molar-refractivity contribution in [1.29, 1.82) is 0 Å². The summed E-state index contributed by atoms with van der Waals surface area (Å²) >= 11 is 0. The number of carboxylic acids is 1. The second kappa shape index (κ2) is 3.51. The third-order valence-corrected chi connectivity index (χ3v) is 2.23. The number of methoxy groups -OCH3 is 1. The smallest absolute Gasteiger partial charge is 0.165 e. The maximum absolute atomic E-state index is 13.2. The summed E-state index contributed by atoms with van der Waals surface area (Å²) < 4.78 is 22.8. The van der Waals surface area contributed by atoms with E-state index in [1.54, 1.807) is 6.07 Å². The van der Waals surface area contributed by atoms with Crippen LogP contribution in [0.15, 0.2) is 18.2 Å². The van der Waals surface area contributed by atoms with Crippen molar-refractivity contribution in [3.63, 3.8) is 0 Å². The molecule has 1 aliphatic heterocycles. The van der Waals surface area contributed by atoms with E-state index < -0.39 is 24.0 Å². The lowest BCUT2D eigenvalue weighted by molar-refractivity contribution is -0.307. The van der Waals surface area contributed by atoms with Crippen LogP contribution in [0.1, 0.15) is 11.7 Å². The summed E-state index contributed by atoms with van der Waals surface area (Å²) in [5, 5.41) is 10.4. The molecule has 4 nitrogen and oxygen atoms in total. The summed E-state index contributed by atoms with van der Waals surface area (Å²) in [4.78, 5) is 10.4. The van der Waals surface area contributed by atoms with Crippen LogP contribution in [0.5, 0.6) is 5.75 Å². The van der Waals surface area contributed by atoms with Gasteiger partial charge in [-0.3, -0.25) is 0 Å². The van der Waals surface area contributed by atoms with Gasteiger partial charge in [0.05, 0.1) is 13.1 Å². The number of halogens is 1. The van der Waals surface area contributed by atoms with E-state index in [1.807, 2.05) is 0 Å². The number of carbonyl (C=O) groups excluding carboxylic acids is 1. The maximum atomic E-state index is 13.2. The topological polar surface area (TPSA) is 61.9 Å². The first kappa shape index (κ1) is 9.92. The van der Waals surface area contributed by atoms with Gasteiger partial charge >= 0.3 is 0 Å². The summed E-state index contributed by atoms with van der Waals surface area (Å²) in [5.41, 5.74) is 0.475. The van der Waals surface area contributed by atoms with Crippen LogP contribution in [0, 0.1) is 5.82 Å². The minimum absolute atomic E-state index is 0.115. The Balaban J connectivity index is 2.18. The van der Waals surface area contributed by atoms with Crippen molar-refractivity contribution in [2.75, 3.05) is 7.11 Å². The molecule has 15 heavy (non-hydrogen) atoms. The summed E-state index contributed by atoms with van der Waals surface area (Å²) in [6.45, 7) is 0. The molecule has 0 radical (unpaired) electrons. The Morgan fingerprint density at radius 1 is 1.60 bits per heavy atom. The Morgan fingerprint density at radius 2 is 2.33 bits per heavy atom. The summed E-state index contributed by atoms with van der Waals surface area (Å²) in [5.74, 6) is -1.71. The van der Waals surface area contributed by atoms with Gasteiger partial charge in [-0.2, -0.15) is 0 Å². The average Bonchev–Trinajstić information content (AvgIpc) is 2.97. The van der Waals surface area contributed by atoms with Gasteiger partial charge < -0.3 is 19.4 Å². The number of rotatable bonds is 3. The molecule has 5 heteroatoms. The van der Waals surface area contributed by atoms with Crippen molar-refractivity contribution in [1.82, 2.24) is 0 Å². The fourth-order valence-corrected chi connectivity index (χ4v) is 1.40. The van der Waals surface area contributed by atoms with E-state index in [2.05, 4.69) is 0 Å². The quantitative estimate of drug-likeness (QED) is 0.661. The summed E-state index contributed by atoms with van der Waals surface area (Å²) in [6, 6.07) is 4.20. The van der Waals surface area contributed by atoms with E-state index in [0.29, 0.717) is 5.56 Å². The third kappa shape index (κ3) is 1.78. The van der Waals surface area contributed by atoms with Crippen molar-refractivity contribution in [2.45, 2.75) is 12.2 Å². The number of hydrogen-bond acceptors (Lipinski definition) is 4. The molecule has 1 aromatic rings. The number of hydrogen-bond donors (Lipinski definition) is 0. The lowest BCUT2D eigenvalue weighted by Gasteiger charge is -2.03. The molecule has 1 saturated heterocycles. The van der Waals surface area contributed by atoms with Gasteiger partial charge in [0, 0.05) is 0 Å². The molecule has 0 bridgehead atoms. The van der Waals surface area contributed by atoms with Gasteiger partial charge in [0.1, 0.15) is 12.2 Å². The van der Waals surface area contributed by atoms with E-state index in [4.69, 9.17) is 9.47 Å². The highest BCUT2D eigenvalue weighted by molar-refractivity contribution is 5.74. The summed E-state index contributed by atoms with van der Waals surface area (Å²) in [6.07, 6.45) is -1.56. The molecule has 1 heterocycles. The monoisotopic (exact) mass is 211 g/mol. The normalized spacial score (nSPS) is 23.6. The highest BCUT2D eigenvalue weighted by atomic mass is 19.1. The average molecular weight is 211 g/mol. The van der Waals surface area contributed by atoms with Gasteiger partial charge in [0.25, 0.3) is 0 Å². The van der Waals surface area contributed by atoms with Gasteiger partial charge in [-0.05, 0) is 17.7 Å². The molecule has 1 aromatic carbocycles. The Kier molecular flexibility index (Phi) is 2.32. The minimum Gasteiger partial charge on any atom is -0.547 e. The molecule has 0 aliphatic carbocycles. The number of epoxide rings is 1. The zero-order valence-electron chi connectivity index (χ0n) is 7.90. The van der Waals surface area contributed by atoms with Crippen LogP contribution < -0.4 is 9.84 Å². The molecular formula is C10H8FO4-. The van der Waals surface area contributed by atoms with Crippen LogP contribution in [0.2, 0.25) is 0 Å². The van der Waals surface area contributed by atoms with E-state index in [1.165, 1.54) is 19.2 Å². The largest absolute Gasteiger partial charge is 0.547 e. The van der Waals surface area contributed by atoms with Crippen molar-refractivity contribution in [2.24, 2.45) is 0 Å². The van der Waals surface area contributed by atoms with Crippen LogP contribution in [0.25, 0.3) is 0 Å². The first-order valence-corrected chi connectivity index (χ1v) is 4.33. The van der Waals surface area contributed by atoms with E-state index >= 15 is 0 Å². The van der Waals surface area contributed by atoms with E-state index in [9.17, 15) is 14.3 Å². The van der Waals surface area contributed by atoms with Crippen molar-refractivity contribution >= 4 is 5.97 Å². The first-order chi connectivity index (χ1) is 7.13. The standard InChI is InChI=1S/C10H9FO4/c1-14-7-3-2-5(4-6(7)11)8-9(15-8)10(12)13/h2-4,8-9H,1H3,(H,12,13)/p-1. The highest BCUT2D eigenvalue weighted by Gasteiger charge is 2.41. The fraction of sp³-hybridized carbons (Fsp3) is 0.300. The van der Waals surface area contributed by atoms with Crippen LogP contribution in [0.3, 0.4) is 0 Å². The Hall–Kier alpha value is -1.62. The number of carboxylic acid groups (broad SMARTS) is 1. The van der Waals surface area contributed by atoms with Crippen molar-refractivity contribution < 1.29 is 23.8 Å². The second-order valence-electron chi connectivity index (χ2n) is 3.19. The summed E-state index contributed by atoms with van der Waals surface area (Å²) in [7, 11) is 1.36. The first-order valence-electron chi connectivity index (χ1n) is 4.33. The molecule has 0 N–H and O–H groups in total. The Morgan fingerprint density at radius 3 is 2.80 bits per heavy atom. The van der Waals surface area contributed by atoms with Crippen LogP contribution in [0.4, 0.5) is 4.39 Å². The highest BCUT2D eigenvalue weighted by Crippen LogP contribution is 2.39. The molecule has 1 fully saturated rings. The number of carbonyl (C=O) groups is 1. The molecule has 2 rings (SSSR count). The molecule has 1 aliphatic rings. The molecule has 0 aromatic heterocycles. The number of ether oxygens (including phenoxy) is 2. The molecule has 2 atom stereocenters. The molecule has 0 amide bonds. The number of aliphatic carboxylic acids is 1. The lowest BCUT2D eigenvalue weighted by Crippen LogP contribution is -2.28. The van der Waals surface area contributed by atoms with Crippen molar-refractivity contribution in [3.8, 4) is 5.75 Å². The minimum atomic E-state index is -1.28. The SMILES string of the molecule is COc1ccc(C2OC2C(=O)[O-])cc1F. The van der Waals surface area contributed by atoms with E-state index in [0.717, 1.165) is 0 Å². The Bertz CT molecular complexity index is 404. The predicted molar refractivity (Wildman–Crippen MR) is 45.6 cm³/mol. The second-order valence-corrected chi connectivity index (χ2v) is 3.19. The molecule has 0 saturated carbocycles. The van der Waals surface area contributed by atoms with Gasteiger partial charge in [-0.1, -0.05) is 6.07 Å². The zero-order valence-corrected chi connectivity index (χ0v) is 7.90. The van der Waals surface area contributed by atoms with Crippen LogP contribution in [-0.4, -0.2) is 19.2 Å². The van der Waals surface area contributed by atoms with Gasteiger partial charge in [-0.15, -0.1) is 0 Å². The van der Waals surface area contributed by atoms with Gasteiger partial charge in [0.2, 0.25) is 0 Å². The van der Waals surface area contributed by atoms with Crippen LogP contribution in [-0.2, 0) is 9.53 Å². The molecule has 0 spiro atoms. The molecular weight excluding hydrogens is 203 g/mol. The zero-order chi connectivity index (χ0) is 11.0. The fourth-order valence-electron chi connectivity index (χ4n) is 1.40. The number of benzene rings is 1. The maximum Gasteiger partial charge on any atom is 0.165 e. The van der Waals surface area contributed by atoms with Gasteiger partial charge in [0.15, 0.2) is 11.6 Å².